The summed E-state index contributed by atoms with van der Waals surface area (Å²) in [4.78, 5) is 67.6. The number of aliphatic hydroxyl groups is 1. The lowest BCUT2D eigenvalue weighted by molar-refractivity contribution is -0.138. The van der Waals surface area contributed by atoms with Crippen molar-refractivity contribution in [2.45, 2.75) is 63.9 Å². The van der Waals surface area contributed by atoms with Crippen LogP contribution in [0.15, 0.2) is 48.5 Å². The molecule has 0 aromatic heterocycles. The standard InChI is InChI=1S/C31H39N5O7/c1-20(37)28-31(42)35(2)15-16-43-25-10-4-3-9-23(25)29(40)33-24(12-13-26(38)34-28)30(41)32-18-21-7-5-8-22(17-21)19-36-14-6-11-27(36)39/h3-5,7-10,17,20,24,28,37H,6,11-16,18-19H2,1-2H3,(H,32,41)(H,33,40)(H,34,38)/t20-,24+,28+/m1/s1. The summed E-state index contributed by atoms with van der Waals surface area (Å²) in [5.41, 5.74) is 1.98. The molecule has 0 bridgehead atoms. The lowest BCUT2D eigenvalue weighted by Crippen LogP contribution is -2.53. The number of likely N-dealkylation sites (N-methyl/N-ethyl adjacent to an activating group) is 1. The molecule has 0 saturated carbocycles. The Morgan fingerprint density at radius 2 is 1.81 bits per heavy atom. The van der Waals surface area contributed by atoms with Gasteiger partial charge in [-0.05, 0) is 43.0 Å². The molecule has 3 atom stereocenters. The number of hydrogen-bond donors (Lipinski definition) is 4. The Morgan fingerprint density at radius 3 is 2.56 bits per heavy atom. The van der Waals surface area contributed by atoms with Gasteiger partial charge in [0.05, 0.1) is 18.2 Å². The maximum atomic E-state index is 13.4. The van der Waals surface area contributed by atoms with Crippen molar-refractivity contribution in [3.8, 4) is 5.75 Å². The normalized spacial score (nSPS) is 21.1. The predicted molar refractivity (Wildman–Crippen MR) is 157 cm³/mol. The molecule has 0 radical (unpaired) electrons. The van der Waals surface area contributed by atoms with E-state index >= 15 is 0 Å². The number of fused-ring (bicyclic) bond motifs is 1. The summed E-state index contributed by atoms with van der Waals surface area (Å²) in [7, 11) is 1.53. The third-order valence-electron chi connectivity index (χ3n) is 7.54. The second-order valence-electron chi connectivity index (χ2n) is 10.9. The van der Waals surface area contributed by atoms with E-state index in [0.29, 0.717) is 13.0 Å². The summed E-state index contributed by atoms with van der Waals surface area (Å²) in [6.07, 6.45) is 0.0127. The number of likely N-dealkylation sites (tertiary alicyclic amines) is 1. The number of ether oxygens (including phenoxy) is 1. The highest BCUT2D eigenvalue weighted by molar-refractivity contribution is 5.99. The summed E-state index contributed by atoms with van der Waals surface area (Å²) < 4.78 is 5.81. The SMILES string of the molecule is C[C@@H](O)[C@@H]1NC(=O)CC[C@@H](C(=O)NCc2cccc(CN3CCCC3=O)c2)NC(=O)c2ccccc2OCCN(C)C1=O. The fraction of sp³-hybridized carbons (Fsp3) is 0.452. The van der Waals surface area contributed by atoms with Crippen LogP contribution in [0, 0.1) is 0 Å². The molecule has 4 N–H and O–H groups in total. The van der Waals surface area contributed by atoms with Crippen molar-refractivity contribution in [3.63, 3.8) is 0 Å². The number of rotatable bonds is 6. The number of carbonyl (C=O) groups excluding carboxylic acids is 5. The first-order chi connectivity index (χ1) is 20.6. The van der Waals surface area contributed by atoms with Crippen LogP contribution in [0.3, 0.4) is 0 Å². The molecule has 12 heteroatoms. The van der Waals surface area contributed by atoms with Crippen molar-refractivity contribution in [2.24, 2.45) is 0 Å². The van der Waals surface area contributed by atoms with E-state index in [1.807, 2.05) is 29.2 Å². The van der Waals surface area contributed by atoms with Gasteiger partial charge in [0.15, 0.2) is 0 Å². The average molecular weight is 594 g/mol. The molecule has 1 saturated heterocycles. The highest BCUT2D eigenvalue weighted by Gasteiger charge is 2.30. The van der Waals surface area contributed by atoms with Crippen molar-refractivity contribution in [1.82, 2.24) is 25.8 Å². The third kappa shape index (κ3) is 8.54. The van der Waals surface area contributed by atoms with E-state index in [2.05, 4.69) is 16.0 Å². The van der Waals surface area contributed by atoms with E-state index in [1.165, 1.54) is 18.9 Å². The van der Waals surface area contributed by atoms with Gasteiger partial charge >= 0.3 is 0 Å². The number of nitrogens with one attached hydrogen (secondary N) is 3. The van der Waals surface area contributed by atoms with Gasteiger partial charge < -0.3 is 35.6 Å². The summed E-state index contributed by atoms with van der Waals surface area (Å²) in [6, 6.07) is 11.9. The Morgan fingerprint density at radius 1 is 1.05 bits per heavy atom. The Labute approximate surface area is 250 Å². The summed E-state index contributed by atoms with van der Waals surface area (Å²) in [6.45, 7) is 3.01. The Balaban J connectivity index is 1.49. The first-order valence-corrected chi connectivity index (χ1v) is 14.5. The molecule has 0 unspecified atom stereocenters. The molecular formula is C31H39N5O7. The fourth-order valence-electron chi connectivity index (χ4n) is 5.08. The van der Waals surface area contributed by atoms with Crippen LogP contribution in [0.4, 0.5) is 0 Å². The number of aliphatic hydroxyl groups excluding tert-OH is 1. The molecule has 2 aliphatic rings. The van der Waals surface area contributed by atoms with Gasteiger partial charge in [0.25, 0.3) is 5.91 Å². The third-order valence-corrected chi connectivity index (χ3v) is 7.54. The largest absolute Gasteiger partial charge is 0.491 e. The van der Waals surface area contributed by atoms with Crippen LogP contribution < -0.4 is 20.7 Å². The van der Waals surface area contributed by atoms with Crippen LogP contribution in [-0.4, -0.2) is 89.4 Å². The van der Waals surface area contributed by atoms with Crippen LogP contribution in [0.2, 0.25) is 0 Å². The summed E-state index contributed by atoms with van der Waals surface area (Å²) in [5.74, 6) is -1.66. The van der Waals surface area contributed by atoms with E-state index < -0.39 is 41.8 Å². The molecule has 2 aliphatic heterocycles. The van der Waals surface area contributed by atoms with E-state index in [-0.39, 0.29) is 49.8 Å². The molecular weight excluding hydrogens is 554 g/mol. The maximum Gasteiger partial charge on any atom is 0.255 e. The average Bonchev–Trinajstić information content (AvgIpc) is 3.39. The summed E-state index contributed by atoms with van der Waals surface area (Å²) >= 11 is 0. The quantitative estimate of drug-likeness (QED) is 0.384. The molecule has 2 aromatic carbocycles. The molecule has 2 heterocycles. The number of carbonyl (C=O) groups is 5. The topological polar surface area (TPSA) is 157 Å². The molecule has 12 nitrogen and oxygen atoms in total. The second-order valence-corrected chi connectivity index (χ2v) is 10.9. The van der Waals surface area contributed by atoms with Crippen LogP contribution in [0.5, 0.6) is 5.75 Å². The van der Waals surface area contributed by atoms with Gasteiger partial charge in [-0.15, -0.1) is 0 Å². The predicted octanol–water partition coefficient (Wildman–Crippen LogP) is 0.720. The van der Waals surface area contributed by atoms with Crippen molar-refractivity contribution >= 4 is 29.5 Å². The lowest BCUT2D eigenvalue weighted by atomic mass is 10.1. The second kappa shape index (κ2) is 14.6. The molecule has 43 heavy (non-hydrogen) atoms. The summed E-state index contributed by atoms with van der Waals surface area (Å²) in [5, 5.41) is 18.3. The first-order valence-electron chi connectivity index (χ1n) is 14.5. The Hall–Kier alpha value is -4.45. The zero-order valence-electron chi connectivity index (χ0n) is 24.5. The number of hydrogen-bond acceptors (Lipinski definition) is 7. The minimum atomic E-state index is -1.18. The lowest BCUT2D eigenvalue weighted by Gasteiger charge is -2.26. The van der Waals surface area contributed by atoms with Crippen LogP contribution in [0.1, 0.15) is 54.1 Å². The van der Waals surface area contributed by atoms with Gasteiger partial charge in [0, 0.05) is 39.5 Å². The zero-order chi connectivity index (χ0) is 30.9. The molecule has 4 rings (SSSR count). The van der Waals surface area contributed by atoms with Gasteiger partial charge in [0.1, 0.15) is 24.4 Å². The maximum absolute atomic E-state index is 13.4. The Kier molecular flexibility index (Phi) is 10.7. The van der Waals surface area contributed by atoms with Crippen LogP contribution >= 0.6 is 0 Å². The van der Waals surface area contributed by atoms with Gasteiger partial charge in [-0.1, -0.05) is 36.4 Å². The Bertz CT molecular complexity index is 1350. The van der Waals surface area contributed by atoms with E-state index in [0.717, 1.165) is 24.1 Å². The number of para-hydroxylation sites is 1. The van der Waals surface area contributed by atoms with Crippen molar-refractivity contribution in [1.29, 1.82) is 0 Å². The molecule has 5 amide bonds. The van der Waals surface area contributed by atoms with Crippen molar-refractivity contribution in [3.05, 3.63) is 65.2 Å². The van der Waals surface area contributed by atoms with Crippen molar-refractivity contribution < 1.29 is 33.8 Å². The fourth-order valence-corrected chi connectivity index (χ4v) is 5.08. The number of nitrogens with zero attached hydrogens (tertiary/aromatic N) is 2. The molecule has 0 aliphatic carbocycles. The van der Waals surface area contributed by atoms with Gasteiger partial charge in [-0.2, -0.15) is 0 Å². The number of amides is 5. The van der Waals surface area contributed by atoms with E-state index in [9.17, 15) is 29.1 Å². The molecule has 0 spiro atoms. The minimum absolute atomic E-state index is 0.0555. The smallest absolute Gasteiger partial charge is 0.255 e. The van der Waals surface area contributed by atoms with E-state index in [4.69, 9.17) is 4.74 Å². The first kappa shape index (κ1) is 31.5. The number of benzene rings is 2. The molecule has 1 fully saturated rings. The van der Waals surface area contributed by atoms with Crippen molar-refractivity contribution in [2.75, 3.05) is 26.7 Å². The van der Waals surface area contributed by atoms with Crippen LogP contribution in [0.25, 0.3) is 0 Å². The molecule has 230 valence electrons. The highest BCUT2D eigenvalue weighted by Crippen LogP contribution is 2.19. The van der Waals surface area contributed by atoms with Crippen LogP contribution in [-0.2, 0) is 32.3 Å². The monoisotopic (exact) mass is 593 g/mol. The van der Waals surface area contributed by atoms with Gasteiger partial charge in [0.2, 0.25) is 23.6 Å². The van der Waals surface area contributed by atoms with Gasteiger partial charge in [-0.3, -0.25) is 24.0 Å². The minimum Gasteiger partial charge on any atom is -0.491 e. The van der Waals surface area contributed by atoms with Gasteiger partial charge in [-0.25, -0.2) is 0 Å². The zero-order valence-corrected chi connectivity index (χ0v) is 24.5. The van der Waals surface area contributed by atoms with E-state index in [1.54, 1.807) is 24.3 Å². The highest BCUT2D eigenvalue weighted by atomic mass is 16.5. The molecule has 2 aromatic rings.